The van der Waals surface area contributed by atoms with Crippen molar-refractivity contribution in [3.8, 4) is 0 Å². The van der Waals surface area contributed by atoms with Crippen LogP contribution < -0.4 is 11.1 Å². The molecular formula is C11H20N2O2S. The van der Waals surface area contributed by atoms with Gasteiger partial charge in [0.15, 0.2) is 0 Å². The first-order valence-electron chi connectivity index (χ1n) is 6.00. The number of thioether (sulfide) groups is 1. The van der Waals surface area contributed by atoms with Crippen LogP contribution in [-0.4, -0.2) is 42.2 Å². The molecule has 1 aliphatic heterocycles. The van der Waals surface area contributed by atoms with E-state index in [-0.39, 0.29) is 11.9 Å². The highest BCUT2D eigenvalue weighted by Crippen LogP contribution is 2.21. The van der Waals surface area contributed by atoms with E-state index >= 15 is 0 Å². The van der Waals surface area contributed by atoms with Gasteiger partial charge in [0.25, 0.3) is 0 Å². The maximum Gasteiger partial charge on any atom is 0.235 e. The molecule has 3 N–H and O–H groups in total. The van der Waals surface area contributed by atoms with E-state index in [2.05, 4.69) is 5.32 Å². The molecule has 2 aliphatic rings. The molecule has 2 unspecified atom stereocenters. The lowest BCUT2D eigenvalue weighted by Gasteiger charge is -2.15. The minimum Gasteiger partial charge on any atom is -0.377 e. The normalized spacial score (nSPS) is 26.9. The fourth-order valence-corrected chi connectivity index (χ4v) is 3.00. The summed E-state index contributed by atoms with van der Waals surface area (Å²) in [6.07, 6.45) is 5.08. The number of rotatable bonds is 7. The zero-order chi connectivity index (χ0) is 11.4. The summed E-state index contributed by atoms with van der Waals surface area (Å²) in [5.41, 5.74) is 5.36. The van der Waals surface area contributed by atoms with Crippen LogP contribution in [0.2, 0.25) is 0 Å². The summed E-state index contributed by atoms with van der Waals surface area (Å²) in [5.74, 6) is 1.52. The first-order valence-corrected chi connectivity index (χ1v) is 7.16. The molecule has 0 aromatic heterocycles. The van der Waals surface area contributed by atoms with Crippen LogP contribution in [0, 0.1) is 0 Å². The van der Waals surface area contributed by atoms with Crippen molar-refractivity contribution in [3.63, 3.8) is 0 Å². The fraction of sp³-hybridized carbons (Fsp3) is 0.909. The number of nitrogens with one attached hydrogen (secondary N) is 1. The Morgan fingerprint density at radius 3 is 2.88 bits per heavy atom. The quantitative estimate of drug-likeness (QED) is 0.685. The molecule has 1 saturated carbocycles. The molecule has 0 radical (unpaired) electrons. The molecule has 1 heterocycles. The standard InChI is InChI=1S/C11H20N2O2S/c12-11(14)10(13-8-3-4-8)7-16-6-9-2-1-5-15-9/h8-10,13H,1-7H2,(H2,12,14). The highest BCUT2D eigenvalue weighted by molar-refractivity contribution is 7.99. The van der Waals surface area contributed by atoms with E-state index in [1.54, 1.807) is 11.8 Å². The molecule has 4 nitrogen and oxygen atoms in total. The fourth-order valence-electron chi connectivity index (χ4n) is 1.84. The van der Waals surface area contributed by atoms with Crippen molar-refractivity contribution in [2.45, 2.75) is 43.9 Å². The smallest absolute Gasteiger partial charge is 0.235 e. The second kappa shape index (κ2) is 5.89. The third-order valence-corrected chi connectivity index (χ3v) is 4.15. The number of nitrogens with two attached hydrogens (primary N) is 1. The van der Waals surface area contributed by atoms with E-state index in [1.807, 2.05) is 0 Å². The van der Waals surface area contributed by atoms with Crippen molar-refractivity contribution in [2.75, 3.05) is 18.1 Å². The van der Waals surface area contributed by atoms with Crippen molar-refractivity contribution < 1.29 is 9.53 Å². The Hall–Kier alpha value is -0.260. The van der Waals surface area contributed by atoms with Crippen LogP contribution in [0.25, 0.3) is 0 Å². The summed E-state index contributed by atoms with van der Waals surface area (Å²) in [7, 11) is 0. The van der Waals surface area contributed by atoms with Gasteiger partial charge in [-0.3, -0.25) is 4.79 Å². The SMILES string of the molecule is NC(=O)C(CSCC1CCCO1)NC1CC1. The van der Waals surface area contributed by atoms with Gasteiger partial charge < -0.3 is 15.8 Å². The van der Waals surface area contributed by atoms with Crippen molar-refractivity contribution in [3.05, 3.63) is 0 Å². The number of primary amides is 1. The van der Waals surface area contributed by atoms with Crippen LogP contribution in [0.4, 0.5) is 0 Å². The van der Waals surface area contributed by atoms with Crippen LogP contribution in [0.1, 0.15) is 25.7 Å². The van der Waals surface area contributed by atoms with E-state index in [0.717, 1.165) is 24.5 Å². The van der Waals surface area contributed by atoms with Gasteiger partial charge in [0.05, 0.1) is 12.1 Å². The van der Waals surface area contributed by atoms with Crippen LogP contribution in [-0.2, 0) is 9.53 Å². The molecule has 0 spiro atoms. The Balaban J connectivity index is 1.62. The second-order valence-corrected chi connectivity index (χ2v) is 5.64. The number of ether oxygens (including phenoxy) is 1. The lowest BCUT2D eigenvalue weighted by atomic mass is 10.3. The molecule has 2 fully saturated rings. The van der Waals surface area contributed by atoms with Gasteiger partial charge in [0, 0.05) is 24.2 Å². The van der Waals surface area contributed by atoms with Crippen LogP contribution in [0.15, 0.2) is 0 Å². The monoisotopic (exact) mass is 244 g/mol. The average molecular weight is 244 g/mol. The van der Waals surface area contributed by atoms with E-state index in [0.29, 0.717) is 12.1 Å². The minimum absolute atomic E-state index is 0.168. The lowest BCUT2D eigenvalue weighted by molar-refractivity contribution is -0.119. The molecule has 0 bridgehead atoms. The first kappa shape index (κ1) is 12.2. The number of carbonyl (C=O) groups is 1. The Bertz CT molecular complexity index is 240. The third-order valence-electron chi connectivity index (χ3n) is 2.97. The molecule has 1 amide bonds. The van der Waals surface area contributed by atoms with Gasteiger partial charge in [0.1, 0.15) is 0 Å². The van der Waals surface area contributed by atoms with E-state index < -0.39 is 0 Å². The van der Waals surface area contributed by atoms with Crippen molar-refractivity contribution >= 4 is 17.7 Å². The molecule has 16 heavy (non-hydrogen) atoms. The van der Waals surface area contributed by atoms with Gasteiger partial charge in [0.2, 0.25) is 5.91 Å². The molecule has 0 aromatic rings. The average Bonchev–Trinajstić information content (AvgIpc) is 2.91. The van der Waals surface area contributed by atoms with Gasteiger partial charge in [-0.1, -0.05) is 0 Å². The van der Waals surface area contributed by atoms with Gasteiger partial charge in [-0.2, -0.15) is 11.8 Å². The number of hydrogen-bond donors (Lipinski definition) is 2. The summed E-state index contributed by atoms with van der Waals surface area (Å²) in [4.78, 5) is 11.2. The summed E-state index contributed by atoms with van der Waals surface area (Å²) in [6, 6.07) is 0.361. The van der Waals surface area contributed by atoms with Gasteiger partial charge >= 0.3 is 0 Å². The molecule has 1 aliphatic carbocycles. The summed E-state index contributed by atoms with van der Waals surface area (Å²) in [5, 5.41) is 3.28. The summed E-state index contributed by atoms with van der Waals surface area (Å²) >= 11 is 1.77. The largest absolute Gasteiger partial charge is 0.377 e. The number of amides is 1. The van der Waals surface area contributed by atoms with Gasteiger partial charge in [-0.15, -0.1) is 0 Å². The molecule has 0 aromatic carbocycles. The van der Waals surface area contributed by atoms with Crippen LogP contribution >= 0.6 is 11.8 Å². The molecule has 5 heteroatoms. The second-order valence-electron chi connectivity index (χ2n) is 4.57. The van der Waals surface area contributed by atoms with Gasteiger partial charge in [-0.25, -0.2) is 0 Å². The third kappa shape index (κ3) is 3.96. The van der Waals surface area contributed by atoms with E-state index in [9.17, 15) is 4.79 Å². The molecule has 92 valence electrons. The molecule has 1 saturated heterocycles. The van der Waals surface area contributed by atoms with Crippen molar-refractivity contribution in [2.24, 2.45) is 5.73 Å². The van der Waals surface area contributed by atoms with Gasteiger partial charge in [-0.05, 0) is 25.7 Å². The van der Waals surface area contributed by atoms with E-state index in [1.165, 1.54) is 19.3 Å². The summed E-state index contributed by atoms with van der Waals surface area (Å²) < 4.78 is 5.53. The van der Waals surface area contributed by atoms with E-state index in [4.69, 9.17) is 10.5 Å². The zero-order valence-electron chi connectivity index (χ0n) is 9.48. The topological polar surface area (TPSA) is 64.4 Å². The van der Waals surface area contributed by atoms with Crippen molar-refractivity contribution in [1.82, 2.24) is 5.32 Å². The zero-order valence-corrected chi connectivity index (χ0v) is 10.3. The molecular weight excluding hydrogens is 224 g/mol. The highest BCUT2D eigenvalue weighted by Gasteiger charge is 2.27. The molecule has 2 rings (SSSR count). The minimum atomic E-state index is -0.230. The predicted molar refractivity (Wildman–Crippen MR) is 65.4 cm³/mol. The Morgan fingerprint density at radius 1 is 1.50 bits per heavy atom. The summed E-state index contributed by atoms with van der Waals surface area (Å²) in [6.45, 7) is 0.894. The predicted octanol–water partition coefficient (Wildman–Crippen LogP) is 0.504. The Kier molecular flexibility index (Phi) is 4.49. The maximum absolute atomic E-state index is 11.2. The molecule has 2 atom stereocenters. The highest BCUT2D eigenvalue weighted by atomic mass is 32.2. The van der Waals surface area contributed by atoms with Crippen molar-refractivity contribution in [1.29, 1.82) is 0 Å². The Morgan fingerprint density at radius 2 is 2.31 bits per heavy atom. The van der Waals surface area contributed by atoms with Crippen LogP contribution in [0.5, 0.6) is 0 Å². The Labute approximate surface area is 101 Å². The number of hydrogen-bond acceptors (Lipinski definition) is 4. The maximum atomic E-state index is 11.2. The first-order chi connectivity index (χ1) is 7.75. The number of carbonyl (C=O) groups excluding carboxylic acids is 1. The lowest BCUT2D eigenvalue weighted by Crippen LogP contribution is -2.44. The van der Waals surface area contributed by atoms with Crippen LogP contribution in [0.3, 0.4) is 0 Å².